The Morgan fingerprint density at radius 2 is 1.67 bits per heavy atom. The van der Waals surface area contributed by atoms with Gasteiger partial charge in [0.25, 0.3) is 0 Å². The zero-order valence-corrected chi connectivity index (χ0v) is 8.63. The second-order valence-electron chi connectivity index (χ2n) is 1.09. The van der Waals surface area contributed by atoms with Crippen LogP contribution >= 0.6 is 64.1 Å². The van der Waals surface area contributed by atoms with Crippen molar-refractivity contribution in [3.8, 4) is 0 Å². The lowest BCUT2D eigenvalue weighted by Crippen LogP contribution is -2.09. The molecule has 1 nitrogen and oxygen atoms in total. The Kier molecular flexibility index (Phi) is 5.62. The first kappa shape index (κ1) is 10.8. The van der Waals surface area contributed by atoms with Crippen LogP contribution in [0.25, 0.3) is 0 Å². The summed E-state index contributed by atoms with van der Waals surface area (Å²) in [5.41, 5.74) is 0. The molecule has 56 valence electrons. The molecule has 0 amide bonds. The summed E-state index contributed by atoms with van der Waals surface area (Å²) in [6.07, 6.45) is 0. The third kappa shape index (κ3) is 9.84. The smallest absolute Gasteiger partial charge is 0.225 e. The van der Waals surface area contributed by atoms with Gasteiger partial charge in [-0.3, -0.25) is 0 Å². The largest absolute Gasteiger partial charge is 0.327 e. The quantitative estimate of drug-likeness (QED) is 0.530. The molecule has 0 aromatic heterocycles. The summed E-state index contributed by atoms with van der Waals surface area (Å²) < 4.78 is 3.18. The lowest BCUT2D eigenvalue weighted by Gasteiger charge is -2.09. The van der Waals surface area contributed by atoms with Crippen molar-refractivity contribution in [2.45, 2.75) is 3.79 Å². The summed E-state index contributed by atoms with van der Waals surface area (Å²) in [5, 5.41) is 0. The lowest BCUT2D eigenvalue weighted by molar-refractivity contribution is 0.376. The number of hydrogen-bond donors (Lipinski definition) is 0. The van der Waals surface area contributed by atoms with Gasteiger partial charge in [-0.15, -0.1) is 0 Å². The molecule has 0 atom stereocenters. The van der Waals surface area contributed by atoms with Crippen LogP contribution in [0.1, 0.15) is 0 Å². The van der Waals surface area contributed by atoms with E-state index in [0.717, 1.165) is 0 Å². The Morgan fingerprint density at radius 3 is 1.78 bits per heavy atom. The predicted molar refractivity (Wildman–Crippen MR) is 44.9 cm³/mol. The van der Waals surface area contributed by atoms with E-state index in [1.807, 2.05) is 0 Å². The summed E-state index contributed by atoms with van der Waals surface area (Å²) in [4.78, 5) is 0. The van der Waals surface area contributed by atoms with E-state index >= 15 is 0 Å². The highest BCUT2D eigenvalue weighted by Gasteiger charge is 2.21. The highest BCUT2D eigenvalue weighted by molar-refractivity contribution is 8.00. The first-order chi connectivity index (χ1) is 3.92. The fourth-order valence-electron chi connectivity index (χ4n) is 0.122. The lowest BCUT2D eigenvalue weighted by atomic mass is 10.9. The van der Waals surface area contributed by atoms with Gasteiger partial charge in [-0.05, 0) is 22.5 Å². The normalized spacial score (nSPS) is 12.7. The highest BCUT2D eigenvalue weighted by Crippen LogP contribution is 2.49. The molecule has 0 aliphatic carbocycles. The molecule has 0 spiro atoms. The van der Waals surface area contributed by atoms with E-state index in [1.54, 1.807) is 0 Å². The average Bonchev–Trinajstić information content (AvgIpc) is 1.59. The van der Waals surface area contributed by atoms with Gasteiger partial charge < -0.3 is 4.52 Å². The van der Waals surface area contributed by atoms with Gasteiger partial charge in [0, 0.05) is 0 Å². The molecule has 0 bridgehead atoms. The average molecular weight is 250 g/mol. The van der Waals surface area contributed by atoms with E-state index < -0.39 is 10.6 Å². The van der Waals surface area contributed by atoms with Crippen molar-refractivity contribution in [3.05, 3.63) is 0 Å². The molecule has 0 radical (unpaired) electrons. The van der Waals surface area contributed by atoms with Gasteiger partial charge in [-0.1, -0.05) is 34.8 Å². The van der Waals surface area contributed by atoms with Crippen molar-refractivity contribution < 1.29 is 4.52 Å². The number of halogens is 5. The minimum Gasteiger partial charge on any atom is -0.327 e. The number of alkyl halides is 3. The highest BCUT2D eigenvalue weighted by atomic mass is 35.9. The maximum atomic E-state index is 5.28. The van der Waals surface area contributed by atoms with Crippen molar-refractivity contribution >= 4 is 64.1 Å². The van der Waals surface area contributed by atoms with Crippen LogP contribution in [0.4, 0.5) is 0 Å². The minimum atomic E-state index is -1.47. The molecular formula is C2H2Cl5OP. The Balaban J connectivity index is 3.28. The number of rotatable bonds is 2. The fraction of sp³-hybridized carbons (Fsp3) is 1.00. The zero-order chi connectivity index (χ0) is 7.49. The van der Waals surface area contributed by atoms with Crippen molar-refractivity contribution in [2.75, 3.05) is 6.61 Å². The van der Waals surface area contributed by atoms with Gasteiger partial charge in [-0.25, -0.2) is 0 Å². The molecule has 0 saturated heterocycles. The Morgan fingerprint density at radius 1 is 1.22 bits per heavy atom. The van der Waals surface area contributed by atoms with E-state index in [2.05, 4.69) is 4.52 Å². The summed E-state index contributed by atoms with van der Waals surface area (Å²) in [7, 11) is 0. The maximum Gasteiger partial charge on any atom is 0.225 e. The molecule has 0 aliphatic rings. The van der Waals surface area contributed by atoms with Crippen molar-refractivity contribution in [2.24, 2.45) is 0 Å². The second-order valence-corrected chi connectivity index (χ2v) is 6.63. The zero-order valence-electron chi connectivity index (χ0n) is 3.95. The van der Waals surface area contributed by atoms with Crippen molar-refractivity contribution in [3.63, 3.8) is 0 Å². The first-order valence-corrected chi connectivity index (χ1v) is 5.93. The molecule has 9 heavy (non-hydrogen) atoms. The van der Waals surface area contributed by atoms with Gasteiger partial charge in [0.15, 0.2) is 0 Å². The van der Waals surface area contributed by atoms with Crippen LogP contribution in [0.2, 0.25) is 0 Å². The monoisotopic (exact) mass is 248 g/mol. The Labute approximate surface area is 78.9 Å². The molecular weight excluding hydrogens is 248 g/mol. The maximum absolute atomic E-state index is 5.28. The summed E-state index contributed by atoms with van der Waals surface area (Å²) in [5.74, 6) is 0. The van der Waals surface area contributed by atoms with E-state index in [-0.39, 0.29) is 6.61 Å². The van der Waals surface area contributed by atoms with Gasteiger partial charge in [-0.2, -0.15) is 0 Å². The van der Waals surface area contributed by atoms with Crippen LogP contribution in [0, 0.1) is 0 Å². The van der Waals surface area contributed by atoms with E-state index in [9.17, 15) is 0 Å². The molecule has 0 heterocycles. The molecule has 0 saturated carbocycles. The fourth-order valence-corrected chi connectivity index (χ4v) is 1.10. The predicted octanol–water partition coefficient (Wildman–Crippen LogP) is 4.08. The van der Waals surface area contributed by atoms with E-state index in [0.29, 0.717) is 0 Å². The van der Waals surface area contributed by atoms with Crippen LogP contribution in [-0.4, -0.2) is 10.4 Å². The van der Waals surface area contributed by atoms with E-state index in [1.165, 1.54) is 0 Å². The third-order valence-corrected chi connectivity index (χ3v) is 1.56. The van der Waals surface area contributed by atoms with Gasteiger partial charge in [0.2, 0.25) is 10.6 Å². The van der Waals surface area contributed by atoms with Gasteiger partial charge in [0.1, 0.15) is 6.61 Å². The Bertz CT molecular complexity index is 79.5. The molecule has 0 rings (SSSR count). The molecule has 0 aromatic carbocycles. The summed E-state index contributed by atoms with van der Waals surface area (Å²) >= 11 is 26.3. The molecule has 7 heteroatoms. The van der Waals surface area contributed by atoms with Crippen LogP contribution < -0.4 is 0 Å². The van der Waals surface area contributed by atoms with Crippen molar-refractivity contribution in [1.82, 2.24) is 0 Å². The Hall–Kier alpha value is 1.84. The topological polar surface area (TPSA) is 9.23 Å². The second kappa shape index (κ2) is 4.66. The third-order valence-electron chi connectivity index (χ3n) is 0.326. The van der Waals surface area contributed by atoms with E-state index in [4.69, 9.17) is 57.3 Å². The van der Waals surface area contributed by atoms with Gasteiger partial charge >= 0.3 is 0 Å². The first-order valence-electron chi connectivity index (χ1n) is 1.73. The molecule has 0 N–H and O–H groups in total. The number of hydrogen-bond acceptors (Lipinski definition) is 1. The van der Waals surface area contributed by atoms with Crippen LogP contribution in [0.5, 0.6) is 0 Å². The molecule has 0 unspecified atom stereocenters. The van der Waals surface area contributed by atoms with Crippen molar-refractivity contribution in [1.29, 1.82) is 0 Å². The summed E-state index contributed by atoms with van der Waals surface area (Å²) in [6.45, 7) is -1.56. The standard InChI is InChI=1S/C2H2Cl5OP/c3-2(4,5)1-8-9(6)7/h1H2. The molecule has 0 aromatic rings. The minimum absolute atomic E-state index is 0.0869. The summed E-state index contributed by atoms with van der Waals surface area (Å²) in [6, 6.07) is 0. The van der Waals surface area contributed by atoms with Crippen LogP contribution in [-0.2, 0) is 4.52 Å². The SMILES string of the molecule is ClP(Cl)OCC(Cl)(Cl)Cl. The molecule has 0 fully saturated rings. The van der Waals surface area contributed by atoms with Gasteiger partial charge in [0.05, 0.1) is 0 Å². The van der Waals surface area contributed by atoms with Crippen LogP contribution in [0.3, 0.4) is 0 Å². The molecule has 0 aliphatic heterocycles. The van der Waals surface area contributed by atoms with Crippen LogP contribution in [0.15, 0.2) is 0 Å².